The lowest BCUT2D eigenvalue weighted by Crippen LogP contribution is -2.31. The van der Waals surface area contributed by atoms with E-state index in [4.69, 9.17) is 0 Å². The number of hydrogen-bond acceptors (Lipinski definition) is 1. The fourth-order valence-electron chi connectivity index (χ4n) is 2.58. The standard InChI is InChI=1S/C14H15BrFNO/c15-11-4-1-9(7-12(11)16)13(18)17-8-14(5-6-14)10-2-3-10/h1,4,7,10H,2-3,5-6,8H2,(H,17,18). The SMILES string of the molecule is O=C(NCC1(C2CC2)CC1)c1ccc(Br)c(F)c1. The van der Waals surface area contributed by atoms with Gasteiger partial charge in [0, 0.05) is 12.1 Å². The van der Waals surface area contributed by atoms with Crippen LogP contribution in [-0.4, -0.2) is 12.5 Å². The Kier molecular flexibility index (Phi) is 2.93. The molecule has 3 rings (SSSR count). The second-order valence-electron chi connectivity index (χ2n) is 5.45. The van der Waals surface area contributed by atoms with Gasteiger partial charge in [-0.05, 0) is 71.1 Å². The molecular formula is C14H15BrFNO. The lowest BCUT2D eigenvalue weighted by atomic mass is 10.0. The van der Waals surface area contributed by atoms with Crippen LogP contribution < -0.4 is 5.32 Å². The summed E-state index contributed by atoms with van der Waals surface area (Å²) < 4.78 is 13.7. The van der Waals surface area contributed by atoms with Crippen LogP contribution in [0.25, 0.3) is 0 Å². The Bertz CT molecular complexity index is 495. The van der Waals surface area contributed by atoms with Crippen molar-refractivity contribution in [1.82, 2.24) is 5.32 Å². The quantitative estimate of drug-likeness (QED) is 0.906. The summed E-state index contributed by atoms with van der Waals surface area (Å²) in [6.07, 6.45) is 5.07. The Morgan fingerprint density at radius 1 is 1.44 bits per heavy atom. The topological polar surface area (TPSA) is 29.1 Å². The first-order chi connectivity index (χ1) is 8.61. The molecule has 0 unspecified atom stereocenters. The van der Waals surface area contributed by atoms with Crippen LogP contribution in [0.1, 0.15) is 36.0 Å². The normalized spacial score (nSPS) is 20.6. The van der Waals surface area contributed by atoms with E-state index in [1.54, 1.807) is 12.1 Å². The molecule has 0 radical (unpaired) electrons. The van der Waals surface area contributed by atoms with Gasteiger partial charge in [0.2, 0.25) is 0 Å². The Morgan fingerprint density at radius 3 is 2.72 bits per heavy atom. The van der Waals surface area contributed by atoms with Gasteiger partial charge >= 0.3 is 0 Å². The van der Waals surface area contributed by atoms with Crippen LogP contribution in [0.5, 0.6) is 0 Å². The second kappa shape index (κ2) is 4.34. The Balaban J connectivity index is 1.62. The van der Waals surface area contributed by atoms with Gasteiger partial charge in [0.25, 0.3) is 5.91 Å². The Morgan fingerprint density at radius 2 is 2.17 bits per heavy atom. The third kappa shape index (κ3) is 2.30. The molecule has 2 saturated carbocycles. The summed E-state index contributed by atoms with van der Waals surface area (Å²) >= 11 is 3.08. The molecule has 0 heterocycles. The van der Waals surface area contributed by atoms with Gasteiger partial charge in [0.1, 0.15) is 5.82 Å². The molecule has 2 aliphatic carbocycles. The lowest BCUT2D eigenvalue weighted by Gasteiger charge is -2.15. The number of amides is 1. The number of benzene rings is 1. The van der Waals surface area contributed by atoms with Gasteiger partial charge in [-0.15, -0.1) is 0 Å². The minimum Gasteiger partial charge on any atom is -0.351 e. The van der Waals surface area contributed by atoms with Crippen molar-refractivity contribution in [2.45, 2.75) is 25.7 Å². The molecule has 4 heteroatoms. The summed E-state index contributed by atoms with van der Waals surface area (Å²) in [6.45, 7) is 0.744. The highest BCUT2D eigenvalue weighted by atomic mass is 79.9. The zero-order valence-corrected chi connectivity index (χ0v) is 11.6. The second-order valence-corrected chi connectivity index (χ2v) is 6.30. The molecule has 0 spiro atoms. The molecule has 2 nitrogen and oxygen atoms in total. The molecule has 96 valence electrons. The Labute approximate surface area is 114 Å². The maximum Gasteiger partial charge on any atom is 0.251 e. The van der Waals surface area contributed by atoms with Crippen molar-refractivity contribution in [3.63, 3.8) is 0 Å². The summed E-state index contributed by atoms with van der Waals surface area (Å²) in [4.78, 5) is 11.9. The molecule has 18 heavy (non-hydrogen) atoms. The number of hydrogen-bond donors (Lipinski definition) is 1. The molecule has 2 fully saturated rings. The van der Waals surface area contributed by atoms with Crippen LogP contribution in [0, 0.1) is 17.2 Å². The van der Waals surface area contributed by atoms with Gasteiger partial charge in [-0.1, -0.05) is 0 Å². The summed E-state index contributed by atoms with van der Waals surface area (Å²) in [5.74, 6) is 0.249. The van der Waals surface area contributed by atoms with E-state index in [1.165, 1.54) is 31.7 Å². The van der Waals surface area contributed by atoms with E-state index in [0.717, 1.165) is 12.5 Å². The van der Waals surface area contributed by atoms with Crippen molar-refractivity contribution < 1.29 is 9.18 Å². The average Bonchev–Trinajstić information content (AvgIpc) is 3.22. The van der Waals surface area contributed by atoms with E-state index < -0.39 is 5.82 Å². The smallest absolute Gasteiger partial charge is 0.251 e. The predicted octanol–water partition coefficient (Wildman–Crippen LogP) is 3.51. The zero-order chi connectivity index (χ0) is 12.8. The fourth-order valence-corrected chi connectivity index (χ4v) is 2.83. The van der Waals surface area contributed by atoms with E-state index in [2.05, 4.69) is 21.2 Å². The molecule has 1 aromatic rings. The molecule has 1 aromatic carbocycles. The van der Waals surface area contributed by atoms with Crippen molar-refractivity contribution in [1.29, 1.82) is 0 Å². The van der Waals surface area contributed by atoms with Crippen LogP contribution in [0.15, 0.2) is 22.7 Å². The molecular weight excluding hydrogens is 297 g/mol. The number of nitrogens with one attached hydrogen (secondary N) is 1. The highest BCUT2D eigenvalue weighted by Crippen LogP contribution is 2.60. The zero-order valence-electron chi connectivity index (χ0n) is 10.0. The van der Waals surface area contributed by atoms with Crippen molar-refractivity contribution in [2.75, 3.05) is 6.54 Å². The lowest BCUT2D eigenvalue weighted by molar-refractivity contribution is 0.0942. The summed E-state index contributed by atoms with van der Waals surface area (Å²) in [7, 11) is 0. The number of carbonyl (C=O) groups excluding carboxylic acids is 1. The summed E-state index contributed by atoms with van der Waals surface area (Å²) in [5.41, 5.74) is 0.770. The summed E-state index contributed by atoms with van der Waals surface area (Å²) in [5, 5.41) is 2.95. The molecule has 0 aromatic heterocycles. The first-order valence-electron chi connectivity index (χ1n) is 6.34. The van der Waals surface area contributed by atoms with Crippen molar-refractivity contribution >= 4 is 21.8 Å². The largest absolute Gasteiger partial charge is 0.351 e. The van der Waals surface area contributed by atoms with Crippen LogP contribution in [-0.2, 0) is 0 Å². The van der Waals surface area contributed by atoms with E-state index in [0.29, 0.717) is 15.5 Å². The van der Waals surface area contributed by atoms with Gasteiger partial charge in [0.15, 0.2) is 0 Å². The average molecular weight is 312 g/mol. The van der Waals surface area contributed by atoms with Gasteiger partial charge < -0.3 is 5.32 Å². The highest BCUT2D eigenvalue weighted by Gasteiger charge is 2.53. The molecule has 2 aliphatic rings. The van der Waals surface area contributed by atoms with Gasteiger partial charge in [0.05, 0.1) is 4.47 Å². The Hall–Kier alpha value is -0.900. The van der Waals surface area contributed by atoms with Crippen molar-refractivity contribution in [3.8, 4) is 0 Å². The van der Waals surface area contributed by atoms with Gasteiger partial charge in [-0.3, -0.25) is 4.79 Å². The summed E-state index contributed by atoms with van der Waals surface area (Å²) in [6, 6.07) is 4.48. The number of halogens is 2. The van der Waals surface area contributed by atoms with Gasteiger partial charge in [-0.2, -0.15) is 0 Å². The number of carbonyl (C=O) groups is 1. The molecule has 1 N–H and O–H groups in total. The fraction of sp³-hybridized carbons (Fsp3) is 0.500. The van der Waals surface area contributed by atoms with Crippen molar-refractivity contribution in [3.05, 3.63) is 34.1 Å². The molecule has 0 bridgehead atoms. The number of rotatable bonds is 4. The maximum atomic E-state index is 13.3. The molecule has 1 amide bonds. The highest BCUT2D eigenvalue weighted by molar-refractivity contribution is 9.10. The maximum absolute atomic E-state index is 13.3. The molecule has 0 aliphatic heterocycles. The van der Waals surface area contributed by atoms with Crippen LogP contribution >= 0.6 is 15.9 Å². The molecule has 0 atom stereocenters. The van der Waals surface area contributed by atoms with Gasteiger partial charge in [-0.25, -0.2) is 4.39 Å². The minimum absolute atomic E-state index is 0.173. The van der Waals surface area contributed by atoms with E-state index >= 15 is 0 Å². The monoisotopic (exact) mass is 311 g/mol. The van der Waals surface area contributed by atoms with Crippen LogP contribution in [0.4, 0.5) is 4.39 Å². The minimum atomic E-state index is -0.397. The third-order valence-electron chi connectivity index (χ3n) is 4.12. The molecule has 0 saturated heterocycles. The van der Waals surface area contributed by atoms with E-state index in [-0.39, 0.29) is 5.91 Å². The van der Waals surface area contributed by atoms with Crippen LogP contribution in [0.3, 0.4) is 0 Å². The predicted molar refractivity (Wildman–Crippen MR) is 70.8 cm³/mol. The van der Waals surface area contributed by atoms with Crippen LogP contribution in [0.2, 0.25) is 0 Å². The van der Waals surface area contributed by atoms with E-state index in [9.17, 15) is 9.18 Å². The third-order valence-corrected chi connectivity index (χ3v) is 4.76. The van der Waals surface area contributed by atoms with Crippen molar-refractivity contribution in [2.24, 2.45) is 11.3 Å². The first kappa shape index (κ1) is 12.2. The first-order valence-corrected chi connectivity index (χ1v) is 7.13. The van der Waals surface area contributed by atoms with E-state index in [1.807, 2.05) is 0 Å².